The van der Waals surface area contributed by atoms with Gasteiger partial charge in [0.05, 0.1) is 13.1 Å². The molecule has 1 aliphatic heterocycles. The van der Waals surface area contributed by atoms with Crippen molar-refractivity contribution in [3.63, 3.8) is 0 Å². The normalized spacial score (nSPS) is 16.4. The molecule has 33 heavy (non-hydrogen) atoms. The van der Waals surface area contributed by atoms with Gasteiger partial charge in [0.25, 0.3) is 5.56 Å². The zero-order valence-corrected chi connectivity index (χ0v) is 20.0. The van der Waals surface area contributed by atoms with Gasteiger partial charge in [0.15, 0.2) is 5.82 Å². The highest BCUT2D eigenvalue weighted by Gasteiger charge is 2.21. The van der Waals surface area contributed by atoms with Crippen molar-refractivity contribution in [1.29, 1.82) is 0 Å². The van der Waals surface area contributed by atoms with Gasteiger partial charge in [-0.1, -0.05) is 5.92 Å². The number of hydrogen-bond donors (Lipinski definition) is 2. The lowest BCUT2D eigenvalue weighted by Gasteiger charge is -2.32. The molecular formula is C23H32N8O2. The molecule has 0 saturated carbocycles. The second-order valence-electron chi connectivity index (χ2n) is 8.29. The standard InChI is InChI=1S/C23H32N8O2/c1-6-7-10-25-20-21(28-17(4)30-11-8-9-18(24)13-30)29(5)23(33)31(22(20)32)14-19-26-15(2)12-16(3)27-19/h12,18,25H,8-11,13-14,24H2,1-5H3/t18-/m1/s1. The van der Waals surface area contributed by atoms with Crippen molar-refractivity contribution in [2.24, 2.45) is 17.8 Å². The largest absolute Gasteiger partial charge is 0.367 e. The van der Waals surface area contributed by atoms with Crippen LogP contribution in [0.25, 0.3) is 0 Å². The fourth-order valence-corrected chi connectivity index (χ4v) is 3.94. The minimum atomic E-state index is -0.489. The number of amidine groups is 1. The van der Waals surface area contributed by atoms with Gasteiger partial charge in [0, 0.05) is 37.6 Å². The van der Waals surface area contributed by atoms with Gasteiger partial charge in [-0.3, -0.25) is 13.9 Å². The summed E-state index contributed by atoms with van der Waals surface area (Å²) >= 11 is 0. The Bertz CT molecular complexity index is 1210. The molecule has 10 nitrogen and oxygen atoms in total. The maximum absolute atomic E-state index is 13.4. The van der Waals surface area contributed by atoms with E-state index >= 15 is 0 Å². The van der Waals surface area contributed by atoms with Crippen molar-refractivity contribution in [3.05, 3.63) is 44.1 Å². The minimum absolute atomic E-state index is 0.0356. The summed E-state index contributed by atoms with van der Waals surface area (Å²) in [6.45, 7) is 9.03. The van der Waals surface area contributed by atoms with Crippen LogP contribution in [-0.2, 0) is 13.6 Å². The van der Waals surface area contributed by atoms with E-state index < -0.39 is 11.2 Å². The van der Waals surface area contributed by atoms with Crippen LogP contribution in [-0.4, -0.2) is 55.5 Å². The zero-order valence-electron chi connectivity index (χ0n) is 20.0. The Kier molecular flexibility index (Phi) is 7.66. The van der Waals surface area contributed by atoms with Gasteiger partial charge in [0.2, 0.25) is 0 Å². The number of anilines is 1. The second kappa shape index (κ2) is 10.4. The molecule has 3 rings (SSSR count). The van der Waals surface area contributed by atoms with Crippen LogP contribution in [0.1, 0.15) is 43.9 Å². The Morgan fingerprint density at radius 3 is 2.64 bits per heavy atom. The van der Waals surface area contributed by atoms with E-state index in [2.05, 4.69) is 37.0 Å². The fourth-order valence-electron chi connectivity index (χ4n) is 3.94. The summed E-state index contributed by atoms with van der Waals surface area (Å²) in [7, 11) is 1.60. The van der Waals surface area contributed by atoms with Crippen molar-refractivity contribution in [1.82, 2.24) is 24.0 Å². The summed E-state index contributed by atoms with van der Waals surface area (Å²) in [6, 6.07) is 1.92. The lowest BCUT2D eigenvalue weighted by Crippen LogP contribution is -2.45. The summed E-state index contributed by atoms with van der Waals surface area (Å²) in [4.78, 5) is 42.1. The van der Waals surface area contributed by atoms with Crippen molar-refractivity contribution < 1.29 is 0 Å². The molecule has 1 aliphatic rings. The average Bonchev–Trinajstić information content (AvgIpc) is 2.76. The Hall–Kier alpha value is -3.45. The predicted molar refractivity (Wildman–Crippen MR) is 130 cm³/mol. The van der Waals surface area contributed by atoms with E-state index in [1.807, 2.05) is 26.8 Å². The van der Waals surface area contributed by atoms with E-state index in [0.717, 1.165) is 35.3 Å². The van der Waals surface area contributed by atoms with Gasteiger partial charge in [-0.2, -0.15) is 0 Å². The number of aromatic nitrogens is 4. The van der Waals surface area contributed by atoms with Crippen LogP contribution in [0.2, 0.25) is 0 Å². The number of nitrogens with zero attached hydrogens (tertiary/aromatic N) is 6. The lowest BCUT2D eigenvalue weighted by molar-refractivity contribution is 0.308. The number of piperidine rings is 1. The maximum atomic E-state index is 13.4. The third kappa shape index (κ3) is 5.68. The van der Waals surface area contributed by atoms with Gasteiger partial charge in [-0.25, -0.2) is 19.8 Å². The molecule has 2 aromatic rings. The van der Waals surface area contributed by atoms with Crippen molar-refractivity contribution in [2.75, 3.05) is 25.0 Å². The molecule has 3 N–H and O–H groups in total. The highest BCUT2D eigenvalue weighted by atomic mass is 16.2. The van der Waals surface area contributed by atoms with Crippen LogP contribution in [0.15, 0.2) is 20.6 Å². The summed E-state index contributed by atoms with van der Waals surface area (Å²) in [5.74, 6) is 7.07. The van der Waals surface area contributed by atoms with Gasteiger partial charge >= 0.3 is 5.69 Å². The molecule has 0 radical (unpaired) electrons. The second-order valence-corrected chi connectivity index (χ2v) is 8.29. The van der Waals surface area contributed by atoms with E-state index in [9.17, 15) is 9.59 Å². The molecule has 0 bridgehead atoms. The molecule has 2 aromatic heterocycles. The van der Waals surface area contributed by atoms with E-state index in [1.54, 1.807) is 14.0 Å². The number of aryl methyl sites for hydroxylation is 2. The van der Waals surface area contributed by atoms with E-state index in [4.69, 9.17) is 5.73 Å². The number of hydrogen-bond acceptors (Lipinski definition) is 7. The van der Waals surface area contributed by atoms with E-state index in [1.165, 1.54) is 4.57 Å². The van der Waals surface area contributed by atoms with Crippen LogP contribution in [0.3, 0.4) is 0 Å². The summed E-state index contributed by atoms with van der Waals surface area (Å²) in [5, 5.41) is 3.06. The number of aliphatic imine (C=N–C) groups is 1. The molecule has 0 aliphatic carbocycles. The summed E-state index contributed by atoms with van der Waals surface area (Å²) in [6.07, 6.45) is 1.95. The Morgan fingerprint density at radius 1 is 1.30 bits per heavy atom. The average molecular weight is 453 g/mol. The van der Waals surface area contributed by atoms with Gasteiger partial charge < -0.3 is 16.0 Å². The molecule has 3 heterocycles. The molecule has 1 fully saturated rings. The van der Waals surface area contributed by atoms with Crippen LogP contribution < -0.4 is 22.3 Å². The maximum Gasteiger partial charge on any atom is 0.332 e. The highest BCUT2D eigenvalue weighted by molar-refractivity contribution is 5.84. The van der Waals surface area contributed by atoms with Crippen LogP contribution >= 0.6 is 0 Å². The fraction of sp³-hybridized carbons (Fsp3) is 0.522. The third-order valence-corrected chi connectivity index (χ3v) is 5.56. The SMILES string of the molecule is CC#CCNc1c(N=C(C)N2CCC[C@@H](N)C2)n(C)c(=O)n(Cc2nc(C)cc(C)n2)c1=O. The minimum Gasteiger partial charge on any atom is -0.367 e. The molecular weight excluding hydrogens is 420 g/mol. The molecule has 0 unspecified atom stereocenters. The Morgan fingerprint density at radius 2 is 2.00 bits per heavy atom. The number of nitrogens with one attached hydrogen (secondary N) is 1. The number of likely N-dealkylation sites (tertiary alicyclic amines) is 1. The van der Waals surface area contributed by atoms with Crippen molar-refractivity contribution in [3.8, 4) is 11.8 Å². The first-order valence-electron chi connectivity index (χ1n) is 11.1. The third-order valence-electron chi connectivity index (χ3n) is 5.56. The van der Waals surface area contributed by atoms with Crippen LogP contribution in [0, 0.1) is 25.7 Å². The topological polar surface area (TPSA) is 123 Å². The molecule has 0 aromatic carbocycles. The van der Waals surface area contributed by atoms with E-state index in [-0.39, 0.29) is 30.6 Å². The van der Waals surface area contributed by atoms with Crippen molar-refractivity contribution >= 4 is 17.3 Å². The Balaban J connectivity index is 2.10. The number of rotatable bonds is 5. The van der Waals surface area contributed by atoms with Crippen LogP contribution in [0.5, 0.6) is 0 Å². The van der Waals surface area contributed by atoms with E-state index in [0.29, 0.717) is 18.2 Å². The summed E-state index contributed by atoms with van der Waals surface area (Å²) in [5.41, 5.74) is 6.90. The van der Waals surface area contributed by atoms with Gasteiger partial charge in [-0.15, -0.1) is 5.92 Å². The predicted octanol–water partition coefficient (Wildman–Crippen LogP) is 0.910. The molecule has 1 atom stereocenters. The Labute approximate surface area is 193 Å². The molecule has 10 heteroatoms. The van der Waals surface area contributed by atoms with Gasteiger partial charge in [-0.05, 0) is 46.6 Å². The molecule has 176 valence electrons. The monoisotopic (exact) mass is 452 g/mol. The van der Waals surface area contributed by atoms with Gasteiger partial charge in [0.1, 0.15) is 17.3 Å². The molecule has 0 spiro atoms. The summed E-state index contributed by atoms with van der Waals surface area (Å²) < 4.78 is 2.50. The molecule has 1 saturated heterocycles. The van der Waals surface area contributed by atoms with Crippen molar-refractivity contribution in [2.45, 2.75) is 53.1 Å². The zero-order chi connectivity index (χ0) is 24.1. The first-order valence-corrected chi connectivity index (χ1v) is 11.1. The highest BCUT2D eigenvalue weighted by Crippen LogP contribution is 2.20. The lowest BCUT2D eigenvalue weighted by atomic mass is 10.1. The first kappa shape index (κ1) is 24.2. The first-order chi connectivity index (χ1) is 15.7. The number of nitrogens with two attached hydrogens (primary N) is 1. The smallest absolute Gasteiger partial charge is 0.332 e. The van der Waals surface area contributed by atoms with Crippen LogP contribution in [0.4, 0.5) is 11.5 Å². The molecule has 0 amide bonds. The quantitative estimate of drug-likeness (QED) is 0.393.